The molecule has 2 aromatic carbocycles. The van der Waals surface area contributed by atoms with Crippen molar-refractivity contribution in [1.29, 1.82) is 0 Å². The lowest BCUT2D eigenvalue weighted by atomic mass is 9.90. The minimum atomic E-state index is -4.52. The van der Waals surface area contributed by atoms with Crippen molar-refractivity contribution in [2.45, 2.75) is 58.0 Å². The van der Waals surface area contributed by atoms with Crippen LogP contribution >= 0.6 is 0 Å². The first kappa shape index (κ1) is 25.5. The molecule has 4 rings (SSSR count). The molecule has 0 atom stereocenters. The summed E-state index contributed by atoms with van der Waals surface area (Å²) in [5.41, 5.74) is 11.4. The van der Waals surface area contributed by atoms with Gasteiger partial charge in [0.25, 0.3) is 0 Å². The van der Waals surface area contributed by atoms with E-state index in [0.717, 1.165) is 87.8 Å². The molecule has 0 saturated carbocycles. The number of nitrogen functional groups attached to an aromatic ring is 1. The SMILES string of the molecule is C=C(CN1CCC(CCCc2cc(F)cc(C(F)(F)F)c2)CC1)N1CCCc2cc(C)cc(N)c21. The van der Waals surface area contributed by atoms with Crippen LogP contribution in [0.25, 0.3) is 0 Å². The summed E-state index contributed by atoms with van der Waals surface area (Å²) in [6.07, 6.45) is 1.91. The van der Waals surface area contributed by atoms with Gasteiger partial charge in [-0.2, -0.15) is 13.2 Å². The van der Waals surface area contributed by atoms with Crippen molar-refractivity contribution in [3.05, 3.63) is 70.7 Å². The average molecular weight is 490 g/mol. The molecule has 2 aromatic rings. The Morgan fingerprint density at radius 3 is 2.54 bits per heavy atom. The topological polar surface area (TPSA) is 32.5 Å². The predicted octanol–water partition coefficient (Wildman–Crippen LogP) is 6.74. The Bertz CT molecular complexity index is 1050. The highest BCUT2D eigenvalue weighted by Crippen LogP contribution is 2.36. The van der Waals surface area contributed by atoms with Gasteiger partial charge in [0.1, 0.15) is 5.82 Å². The number of nitrogens with zero attached hydrogens (tertiary/aromatic N) is 2. The Morgan fingerprint density at radius 2 is 1.83 bits per heavy atom. The molecule has 2 aliphatic heterocycles. The number of rotatable bonds is 7. The smallest absolute Gasteiger partial charge is 0.397 e. The maximum atomic E-state index is 13.6. The standard InChI is InChI=1S/C28H35F4N3/c1-19-13-23-7-4-10-35(27(23)26(33)14-19)20(2)18-34-11-8-21(9-12-34)5-3-6-22-15-24(28(30,31)32)17-25(29)16-22/h13-17,21H,2-12,18,33H2,1H3. The molecule has 35 heavy (non-hydrogen) atoms. The van der Waals surface area contributed by atoms with E-state index in [4.69, 9.17) is 5.73 Å². The largest absolute Gasteiger partial charge is 0.416 e. The summed E-state index contributed by atoms with van der Waals surface area (Å²) in [4.78, 5) is 4.72. The normalized spacial score (nSPS) is 17.5. The number of anilines is 2. The Labute approximate surface area is 205 Å². The summed E-state index contributed by atoms with van der Waals surface area (Å²) >= 11 is 0. The van der Waals surface area contributed by atoms with Crippen molar-refractivity contribution in [3.8, 4) is 0 Å². The van der Waals surface area contributed by atoms with Gasteiger partial charge in [0.15, 0.2) is 0 Å². The minimum absolute atomic E-state index is 0.419. The van der Waals surface area contributed by atoms with Gasteiger partial charge in [0.05, 0.1) is 16.9 Å². The second kappa shape index (κ2) is 10.6. The lowest BCUT2D eigenvalue weighted by Gasteiger charge is -2.38. The van der Waals surface area contributed by atoms with Gasteiger partial charge in [-0.15, -0.1) is 0 Å². The molecule has 0 unspecified atom stereocenters. The summed E-state index contributed by atoms with van der Waals surface area (Å²) in [5, 5.41) is 0. The molecular weight excluding hydrogens is 454 g/mol. The zero-order valence-electron chi connectivity index (χ0n) is 20.4. The predicted molar refractivity (Wildman–Crippen MR) is 134 cm³/mol. The number of nitrogens with two attached hydrogens (primary N) is 1. The van der Waals surface area contributed by atoms with Crippen molar-refractivity contribution >= 4 is 11.4 Å². The lowest BCUT2D eigenvalue weighted by Crippen LogP contribution is -2.39. The van der Waals surface area contributed by atoms with Crippen LogP contribution in [-0.2, 0) is 19.0 Å². The first-order chi connectivity index (χ1) is 16.6. The molecule has 2 aliphatic rings. The van der Waals surface area contributed by atoms with Gasteiger partial charge in [-0.05, 0) is 105 Å². The van der Waals surface area contributed by atoms with Crippen LogP contribution < -0.4 is 10.6 Å². The zero-order valence-corrected chi connectivity index (χ0v) is 20.4. The van der Waals surface area contributed by atoms with E-state index in [2.05, 4.69) is 29.4 Å². The Balaban J connectivity index is 1.25. The van der Waals surface area contributed by atoms with Gasteiger partial charge in [-0.25, -0.2) is 4.39 Å². The number of aryl methyl sites for hydroxylation is 3. The number of hydrogen-bond donors (Lipinski definition) is 1. The highest BCUT2D eigenvalue weighted by Gasteiger charge is 2.31. The first-order valence-electron chi connectivity index (χ1n) is 12.5. The first-order valence-corrected chi connectivity index (χ1v) is 12.5. The van der Waals surface area contributed by atoms with Crippen LogP contribution in [0.2, 0.25) is 0 Å². The second-order valence-electron chi connectivity index (χ2n) is 10.1. The van der Waals surface area contributed by atoms with E-state index in [1.807, 2.05) is 6.07 Å². The Hall–Kier alpha value is -2.54. The van der Waals surface area contributed by atoms with Gasteiger partial charge in [-0.3, -0.25) is 4.90 Å². The molecule has 7 heteroatoms. The highest BCUT2D eigenvalue weighted by atomic mass is 19.4. The Morgan fingerprint density at radius 1 is 1.09 bits per heavy atom. The van der Waals surface area contributed by atoms with Crippen molar-refractivity contribution in [3.63, 3.8) is 0 Å². The Kier molecular flexibility index (Phi) is 7.74. The second-order valence-corrected chi connectivity index (χ2v) is 10.1. The third-order valence-electron chi connectivity index (χ3n) is 7.32. The molecular formula is C28H35F4N3. The number of alkyl halides is 3. The van der Waals surface area contributed by atoms with Crippen LogP contribution in [0.4, 0.5) is 28.9 Å². The van der Waals surface area contributed by atoms with E-state index in [1.165, 1.54) is 17.2 Å². The summed E-state index contributed by atoms with van der Waals surface area (Å²) in [6, 6.07) is 7.11. The maximum Gasteiger partial charge on any atom is 0.416 e. The number of piperidine rings is 1. The molecule has 0 radical (unpaired) electrons. The van der Waals surface area contributed by atoms with Crippen LogP contribution in [0.5, 0.6) is 0 Å². The molecule has 0 bridgehead atoms. The van der Waals surface area contributed by atoms with E-state index in [9.17, 15) is 17.6 Å². The van der Waals surface area contributed by atoms with Crippen LogP contribution in [0.3, 0.4) is 0 Å². The molecule has 190 valence electrons. The third-order valence-corrected chi connectivity index (χ3v) is 7.32. The van der Waals surface area contributed by atoms with E-state index < -0.39 is 17.6 Å². The number of fused-ring (bicyclic) bond motifs is 1. The summed E-state index contributed by atoms with van der Waals surface area (Å²) in [6.45, 7) is 10.2. The van der Waals surface area contributed by atoms with Crippen molar-refractivity contribution in [1.82, 2.24) is 4.90 Å². The van der Waals surface area contributed by atoms with Crippen LogP contribution in [0.15, 0.2) is 42.6 Å². The van der Waals surface area contributed by atoms with Crippen LogP contribution in [0.1, 0.15) is 54.4 Å². The number of likely N-dealkylation sites (tertiary alicyclic amines) is 1. The zero-order chi connectivity index (χ0) is 25.2. The van der Waals surface area contributed by atoms with Gasteiger partial charge < -0.3 is 10.6 Å². The maximum absolute atomic E-state index is 13.6. The molecule has 1 saturated heterocycles. The molecule has 0 amide bonds. The van der Waals surface area contributed by atoms with E-state index in [1.54, 1.807) is 0 Å². The van der Waals surface area contributed by atoms with Crippen molar-refractivity contribution < 1.29 is 17.6 Å². The van der Waals surface area contributed by atoms with E-state index in [0.29, 0.717) is 24.0 Å². The fourth-order valence-electron chi connectivity index (χ4n) is 5.59. The summed E-state index contributed by atoms with van der Waals surface area (Å²) < 4.78 is 52.4. The molecule has 0 spiro atoms. The fourth-order valence-corrected chi connectivity index (χ4v) is 5.59. The quantitative estimate of drug-likeness (QED) is 0.345. The van der Waals surface area contributed by atoms with Gasteiger partial charge in [0, 0.05) is 18.8 Å². The number of halogens is 4. The van der Waals surface area contributed by atoms with E-state index in [-0.39, 0.29) is 0 Å². The average Bonchev–Trinajstić information content (AvgIpc) is 2.78. The van der Waals surface area contributed by atoms with Crippen molar-refractivity contribution in [2.75, 3.05) is 36.8 Å². The monoisotopic (exact) mass is 489 g/mol. The summed E-state index contributed by atoms with van der Waals surface area (Å²) in [7, 11) is 0. The fraction of sp³-hybridized carbons (Fsp3) is 0.500. The molecule has 0 aliphatic carbocycles. The van der Waals surface area contributed by atoms with Gasteiger partial charge in [0.2, 0.25) is 0 Å². The van der Waals surface area contributed by atoms with Gasteiger partial charge in [-0.1, -0.05) is 19.1 Å². The third kappa shape index (κ3) is 6.37. The molecule has 2 N–H and O–H groups in total. The number of hydrogen-bond acceptors (Lipinski definition) is 3. The van der Waals surface area contributed by atoms with Gasteiger partial charge >= 0.3 is 6.18 Å². The molecule has 3 nitrogen and oxygen atoms in total. The van der Waals surface area contributed by atoms with Crippen LogP contribution in [-0.4, -0.2) is 31.1 Å². The van der Waals surface area contributed by atoms with Crippen molar-refractivity contribution in [2.24, 2.45) is 5.92 Å². The highest BCUT2D eigenvalue weighted by molar-refractivity contribution is 5.75. The number of benzene rings is 2. The lowest BCUT2D eigenvalue weighted by molar-refractivity contribution is -0.137. The molecule has 0 aromatic heterocycles. The molecule has 2 heterocycles. The molecule has 1 fully saturated rings. The van der Waals surface area contributed by atoms with E-state index >= 15 is 0 Å². The summed E-state index contributed by atoms with van der Waals surface area (Å²) in [5.74, 6) is -0.277. The minimum Gasteiger partial charge on any atom is -0.397 e. The van der Waals surface area contributed by atoms with Crippen LogP contribution in [0, 0.1) is 18.7 Å².